The van der Waals surface area contributed by atoms with Crippen LogP contribution in [0, 0.1) is 11.3 Å². The van der Waals surface area contributed by atoms with E-state index in [1.807, 2.05) is 6.07 Å². The normalized spacial score (nSPS) is 9.78. The molecule has 0 saturated carbocycles. The Morgan fingerprint density at radius 2 is 2.39 bits per heavy atom. The van der Waals surface area contributed by atoms with E-state index in [-0.39, 0.29) is 12.3 Å². The van der Waals surface area contributed by atoms with Gasteiger partial charge in [-0.2, -0.15) is 10.4 Å². The summed E-state index contributed by atoms with van der Waals surface area (Å²) in [5, 5.41) is 15.8. The molecule has 90 valence electrons. The SMILES string of the molecule is CNC(=O)Cc1cnn(-c2ccccn2)c1C#N. The van der Waals surface area contributed by atoms with Gasteiger partial charge in [-0.25, -0.2) is 9.67 Å². The zero-order valence-corrected chi connectivity index (χ0v) is 9.79. The van der Waals surface area contributed by atoms with Crippen LogP contribution in [0.2, 0.25) is 0 Å². The average Bonchev–Trinajstić information content (AvgIpc) is 2.82. The number of nitrogens with zero attached hydrogens (tertiary/aromatic N) is 4. The summed E-state index contributed by atoms with van der Waals surface area (Å²) in [5.74, 6) is 0.393. The van der Waals surface area contributed by atoms with E-state index in [0.29, 0.717) is 17.1 Å². The van der Waals surface area contributed by atoms with E-state index < -0.39 is 0 Å². The van der Waals surface area contributed by atoms with Gasteiger partial charge in [-0.05, 0) is 12.1 Å². The highest BCUT2D eigenvalue weighted by Crippen LogP contribution is 2.12. The number of amides is 1. The molecule has 0 aromatic carbocycles. The van der Waals surface area contributed by atoms with Crippen molar-refractivity contribution in [2.75, 3.05) is 7.05 Å². The quantitative estimate of drug-likeness (QED) is 0.844. The van der Waals surface area contributed by atoms with Gasteiger partial charge >= 0.3 is 0 Å². The summed E-state index contributed by atoms with van der Waals surface area (Å²) in [6.45, 7) is 0. The Morgan fingerprint density at radius 1 is 1.56 bits per heavy atom. The molecule has 0 aliphatic heterocycles. The minimum absolute atomic E-state index is 0.131. The molecule has 0 saturated heterocycles. The molecule has 0 unspecified atom stereocenters. The molecule has 2 aromatic rings. The summed E-state index contributed by atoms with van der Waals surface area (Å²) in [6, 6.07) is 7.39. The van der Waals surface area contributed by atoms with Crippen molar-refractivity contribution >= 4 is 5.91 Å². The monoisotopic (exact) mass is 241 g/mol. The Kier molecular flexibility index (Phi) is 3.34. The third-order valence-corrected chi connectivity index (χ3v) is 2.45. The van der Waals surface area contributed by atoms with Gasteiger partial charge in [0.25, 0.3) is 0 Å². The summed E-state index contributed by atoms with van der Waals surface area (Å²) >= 11 is 0. The fourth-order valence-corrected chi connectivity index (χ4v) is 1.54. The second-order valence-corrected chi connectivity index (χ2v) is 3.58. The number of carbonyl (C=O) groups is 1. The van der Waals surface area contributed by atoms with Crippen molar-refractivity contribution < 1.29 is 4.79 Å². The summed E-state index contributed by atoms with van der Waals surface area (Å²) < 4.78 is 1.43. The van der Waals surface area contributed by atoms with Crippen molar-refractivity contribution in [3.8, 4) is 11.9 Å². The van der Waals surface area contributed by atoms with Gasteiger partial charge in [0.1, 0.15) is 11.8 Å². The predicted octanol–water partition coefficient (Wildman–Crippen LogP) is 0.427. The van der Waals surface area contributed by atoms with E-state index in [2.05, 4.69) is 21.5 Å². The minimum atomic E-state index is -0.160. The van der Waals surface area contributed by atoms with E-state index >= 15 is 0 Å². The number of likely N-dealkylation sites (N-methyl/N-ethyl adjacent to an activating group) is 1. The second kappa shape index (κ2) is 5.10. The molecule has 2 heterocycles. The van der Waals surface area contributed by atoms with Gasteiger partial charge in [-0.1, -0.05) is 6.07 Å². The second-order valence-electron chi connectivity index (χ2n) is 3.58. The summed E-state index contributed by atoms with van der Waals surface area (Å²) in [5.41, 5.74) is 0.916. The molecule has 0 bridgehead atoms. The van der Waals surface area contributed by atoms with Crippen molar-refractivity contribution in [1.29, 1.82) is 5.26 Å². The standard InChI is InChI=1S/C12H11N5O/c1-14-12(18)6-9-8-16-17(10(9)7-13)11-4-2-3-5-15-11/h2-5,8H,6H2,1H3,(H,14,18). The van der Waals surface area contributed by atoms with Crippen molar-refractivity contribution in [1.82, 2.24) is 20.1 Å². The van der Waals surface area contributed by atoms with Crippen LogP contribution < -0.4 is 5.32 Å². The summed E-state index contributed by atoms with van der Waals surface area (Å²) in [7, 11) is 1.55. The molecule has 0 radical (unpaired) electrons. The number of hydrogen-bond donors (Lipinski definition) is 1. The molecule has 18 heavy (non-hydrogen) atoms. The highest BCUT2D eigenvalue weighted by Gasteiger charge is 2.14. The molecule has 0 aliphatic rings. The molecule has 0 aliphatic carbocycles. The van der Waals surface area contributed by atoms with Crippen molar-refractivity contribution in [2.45, 2.75) is 6.42 Å². The van der Waals surface area contributed by atoms with Crippen LogP contribution >= 0.6 is 0 Å². The number of pyridine rings is 1. The minimum Gasteiger partial charge on any atom is -0.359 e. The number of carbonyl (C=O) groups excluding carboxylic acids is 1. The van der Waals surface area contributed by atoms with Crippen LogP contribution in [0.15, 0.2) is 30.6 Å². The lowest BCUT2D eigenvalue weighted by Gasteiger charge is -2.02. The molecule has 0 fully saturated rings. The van der Waals surface area contributed by atoms with Crippen molar-refractivity contribution in [3.05, 3.63) is 41.9 Å². The lowest BCUT2D eigenvalue weighted by atomic mass is 10.2. The third-order valence-electron chi connectivity index (χ3n) is 2.45. The van der Waals surface area contributed by atoms with Gasteiger partial charge in [0.15, 0.2) is 5.82 Å². The molecule has 2 aromatic heterocycles. The lowest BCUT2D eigenvalue weighted by Crippen LogP contribution is -2.20. The fraction of sp³-hybridized carbons (Fsp3) is 0.167. The summed E-state index contributed by atoms with van der Waals surface area (Å²) in [4.78, 5) is 15.4. The van der Waals surface area contributed by atoms with E-state index in [1.165, 1.54) is 10.9 Å². The van der Waals surface area contributed by atoms with Gasteiger partial charge < -0.3 is 5.32 Å². The smallest absolute Gasteiger partial charge is 0.224 e. The maximum atomic E-state index is 11.3. The molecule has 0 atom stereocenters. The van der Waals surface area contributed by atoms with Gasteiger partial charge in [0, 0.05) is 18.8 Å². The largest absolute Gasteiger partial charge is 0.359 e. The van der Waals surface area contributed by atoms with Gasteiger partial charge in [0.2, 0.25) is 5.91 Å². The lowest BCUT2D eigenvalue weighted by molar-refractivity contribution is -0.119. The van der Waals surface area contributed by atoms with E-state index in [9.17, 15) is 4.79 Å². The van der Waals surface area contributed by atoms with Crippen molar-refractivity contribution in [3.63, 3.8) is 0 Å². The first kappa shape index (κ1) is 11.8. The van der Waals surface area contributed by atoms with E-state index in [1.54, 1.807) is 25.4 Å². The molecular weight excluding hydrogens is 230 g/mol. The van der Waals surface area contributed by atoms with Crippen LogP contribution in [-0.2, 0) is 11.2 Å². The summed E-state index contributed by atoms with van der Waals surface area (Å²) in [6.07, 6.45) is 3.27. The molecule has 0 spiro atoms. The Morgan fingerprint density at radius 3 is 3.00 bits per heavy atom. The Bertz CT molecular complexity index is 597. The number of nitrogens with one attached hydrogen (secondary N) is 1. The van der Waals surface area contributed by atoms with Gasteiger partial charge in [-0.15, -0.1) is 0 Å². The van der Waals surface area contributed by atoms with Crippen LogP contribution in [0.5, 0.6) is 0 Å². The van der Waals surface area contributed by atoms with Gasteiger partial charge in [-0.3, -0.25) is 4.79 Å². The Balaban J connectivity index is 2.40. The van der Waals surface area contributed by atoms with Crippen LogP contribution in [0.25, 0.3) is 5.82 Å². The van der Waals surface area contributed by atoms with Crippen LogP contribution in [0.3, 0.4) is 0 Å². The van der Waals surface area contributed by atoms with Crippen LogP contribution in [-0.4, -0.2) is 27.7 Å². The molecule has 6 nitrogen and oxygen atoms in total. The molecule has 1 amide bonds. The van der Waals surface area contributed by atoms with E-state index in [4.69, 9.17) is 5.26 Å². The fourth-order valence-electron chi connectivity index (χ4n) is 1.54. The van der Waals surface area contributed by atoms with E-state index in [0.717, 1.165) is 0 Å². The van der Waals surface area contributed by atoms with Crippen LogP contribution in [0.1, 0.15) is 11.3 Å². The highest BCUT2D eigenvalue weighted by molar-refractivity contribution is 5.78. The molecular formula is C12H11N5O. The number of hydrogen-bond acceptors (Lipinski definition) is 4. The zero-order valence-electron chi connectivity index (χ0n) is 9.79. The molecule has 2 rings (SSSR count). The van der Waals surface area contributed by atoms with Gasteiger partial charge in [0.05, 0.1) is 12.6 Å². The maximum Gasteiger partial charge on any atom is 0.224 e. The Labute approximate surface area is 104 Å². The first-order chi connectivity index (χ1) is 8.76. The predicted molar refractivity (Wildman–Crippen MR) is 63.8 cm³/mol. The first-order valence-electron chi connectivity index (χ1n) is 5.35. The van der Waals surface area contributed by atoms with Crippen molar-refractivity contribution in [2.24, 2.45) is 0 Å². The maximum absolute atomic E-state index is 11.3. The Hall–Kier alpha value is -2.68. The average molecular weight is 241 g/mol. The molecule has 6 heteroatoms. The molecule has 1 N–H and O–H groups in total. The zero-order chi connectivity index (χ0) is 13.0. The number of nitriles is 1. The third kappa shape index (κ3) is 2.20. The topological polar surface area (TPSA) is 83.6 Å². The number of rotatable bonds is 3. The highest BCUT2D eigenvalue weighted by atomic mass is 16.1. The van der Waals surface area contributed by atoms with Crippen LogP contribution in [0.4, 0.5) is 0 Å². The first-order valence-corrected chi connectivity index (χ1v) is 5.35. The number of aromatic nitrogens is 3.